The Labute approximate surface area is 232 Å². The number of hydrogen-bond acceptors (Lipinski definition) is 8. The molecule has 10 nitrogen and oxygen atoms in total. The zero-order valence-corrected chi connectivity index (χ0v) is 23.4. The van der Waals surface area contributed by atoms with Gasteiger partial charge in [0, 0.05) is 49.2 Å². The Morgan fingerprint density at radius 1 is 1.18 bits per heavy atom. The minimum absolute atomic E-state index is 0.121. The van der Waals surface area contributed by atoms with E-state index in [9.17, 15) is 12.8 Å². The van der Waals surface area contributed by atoms with Crippen LogP contribution in [0.2, 0.25) is 5.15 Å². The lowest BCUT2D eigenvalue weighted by atomic mass is 9.86. The summed E-state index contributed by atoms with van der Waals surface area (Å²) in [5.74, 6) is -0.270. The Kier molecular flexibility index (Phi) is 7.44. The van der Waals surface area contributed by atoms with Gasteiger partial charge in [-0.1, -0.05) is 30.7 Å². The van der Waals surface area contributed by atoms with Crippen molar-refractivity contribution in [2.75, 3.05) is 37.9 Å². The Balaban J connectivity index is 1.71. The number of methoxy groups -OCH3 is 1. The molecule has 208 valence electrons. The van der Waals surface area contributed by atoms with Crippen LogP contribution >= 0.6 is 11.6 Å². The molecule has 2 aromatic carbocycles. The van der Waals surface area contributed by atoms with Crippen LogP contribution in [-0.2, 0) is 10.0 Å². The van der Waals surface area contributed by atoms with E-state index in [2.05, 4.69) is 4.98 Å². The fraction of sp³-hybridized carbons (Fsp3) is 0.346. The molecule has 2 aliphatic heterocycles. The molecule has 4 N–H and O–H groups in total. The summed E-state index contributed by atoms with van der Waals surface area (Å²) in [4.78, 5) is 7.97. The molecule has 39 heavy (non-hydrogen) atoms. The van der Waals surface area contributed by atoms with E-state index in [1.807, 2.05) is 34.9 Å². The van der Waals surface area contributed by atoms with Gasteiger partial charge in [-0.15, -0.1) is 0 Å². The second kappa shape index (κ2) is 10.5. The van der Waals surface area contributed by atoms with Crippen LogP contribution in [0.4, 0.5) is 10.1 Å². The van der Waals surface area contributed by atoms with Crippen molar-refractivity contribution in [2.24, 2.45) is 11.5 Å². The average molecular weight is 576 g/mol. The highest BCUT2D eigenvalue weighted by Gasteiger charge is 2.45. The molecule has 2 aliphatic rings. The number of hydrogen-bond donors (Lipinski definition) is 2. The van der Waals surface area contributed by atoms with Gasteiger partial charge in [0.15, 0.2) is 0 Å². The minimum atomic E-state index is -3.55. The number of anilines is 1. The number of nitrogens with zero attached hydrogens (tertiary/aromatic N) is 5. The van der Waals surface area contributed by atoms with Crippen molar-refractivity contribution >= 4 is 27.3 Å². The fourth-order valence-corrected chi connectivity index (χ4v) is 6.36. The fourth-order valence-electron chi connectivity index (χ4n) is 5.42. The van der Waals surface area contributed by atoms with Crippen molar-refractivity contribution in [3.05, 3.63) is 82.8 Å². The Morgan fingerprint density at radius 2 is 1.90 bits per heavy atom. The quantitative estimate of drug-likeness (QED) is 0.460. The summed E-state index contributed by atoms with van der Waals surface area (Å²) in [7, 11) is -1.98. The molecule has 13 heteroatoms. The molecule has 0 amide bonds. The van der Waals surface area contributed by atoms with E-state index in [4.69, 9.17) is 27.8 Å². The van der Waals surface area contributed by atoms with Crippen LogP contribution < -0.4 is 21.1 Å². The highest BCUT2D eigenvalue weighted by molar-refractivity contribution is 7.88. The van der Waals surface area contributed by atoms with Crippen molar-refractivity contribution in [1.82, 2.24) is 18.8 Å². The van der Waals surface area contributed by atoms with Gasteiger partial charge >= 0.3 is 0 Å². The zero-order chi connectivity index (χ0) is 28.1. The molecule has 5 rings (SSSR count). The van der Waals surface area contributed by atoms with Gasteiger partial charge in [0.05, 0.1) is 25.2 Å². The van der Waals surface area contributed by atoms with Gasteiger partial charge in [-0.2, -0.15) is 4.31 Å². The first-order valence-electron chi connectivity index (χ1n) is 12.4. The van der Waals surface area contributed by atoms with Crippen molar-refractivity contribution in [3.63, 3.8) is 0 Å². The standard InChI is InChI=1S/C26H31ClFN7O3S/c1-4-34-25(29)20-13-33(39(3,36)37)12-19(16-5-7-17(28)8-6-16)24(20)35(26(34)30)18-9-10-21(22(11-18)38-2)32-14-23(27)31-15-32/h5-11,14-15,19,25-26H,4,12-13,29-30H2,1-3H3. The maximum atomic E-state index is 13.9. The number of sulfonamides is 1. The summed E-state index contributed by atoms with van der Waals surface area (Å²) >= 11 is 6.04. The first kappa shape index (κ1) is 27.6. The zero-order valence-electron chi connectivity index (χ0n) is 21.8. The van der Waals surface area contributed by atoms with Crippen LogP contribution in [0.5, 0.6) is 5.75 Å². The summed E-state index contributed by atoms with van der Waals surface area (Å²) in [6, 6.07) is 11.7. The second-order valence-electron chi connectivity index (χ2n) is 9.59. The molecular weight excluding hydrogens is 545 g/mol. The van der Waals surface area contributed by atoms with Crippen LogP contribution in [0, 0.1) is 5.82 Å². The predicted molar refractivity (Wildman–Crippen MR) is 149 cm³/mol. The molecule has 0 aliphatic carbocycles. The van der Waals surface area contributed by atoms with Crippen LogP contribution in [0.3, 0.4) is 0 Å². The minimum Gasteiger partial charge on any atom is -0.494 e. The maximum Gasteiger partial charge on any atom is 0.211 e. The molecule has 0 saturated heterocycles. The summed E-state index contributed by atoms with van der Waals surface area (Å²) < 4.78 is 48.3. The predicted octanol–water partition coefficient (Wildman–Crippen LogP) is 2.66. The van der Waals surface area contributed by atoms with Crippen molar-refractivity contribution < 1.29 is 17.5 Å². The van der Waals surface area contributed by atoms with Gasteiger partial charge in [0.25, 0.3) is 0 Å². The molecule has 1 aromatic heterocycles. The van der Waals surface area contributed by atoms with Crippen LogP contribution in [0.15, 0.2) is 66.3 Å². The van der Waals surface area contributed by atoms with E-state index in [1.54, 1.807) is 36.3 Å². The van der Waals surface area contributed by atoms with Gasteiger partial charge < -0.3 is 19.9 Å². The van der Waals surface area contributed by atoms with Crippen molar-refractivity contribution in [3.8, 4) is 11.4 Å². The smallest absolute Gasteiger partial charge is 0.211 e. The Morgan fingerprint density at radius 3 is 2.49 bits per heavy atom. The summed E-state index contributed by atoms with van der Waals surface area (Å²) in [6.45, 7) is 2.76. The monoisotopic (exact) mass is 575 g/mol. The third-order valence-electron chi connectivity index (χ3n) is 7.35. The Hall–Kier alpha value is -3.00. The first-order chi connectivity index (χ1) is 18.5. The number of rotatable bonds is 6. The van der Waals surface area contributed by atoms with Crippen LogP contribution in [-0.4, -0.2) is 72.6 Å². The topological polar surface area (TPSA) is 123 Å². The summed E-state index contributed by atoms with van der Waals surface area (Å²) in [5, 5.41) is 0.348. The van der Waals surface area contributed by atoms with Gasteiger partial charge in [-0.05, 0) is 35.4 Å². The van der Waals surface area contributed by atoms with Crippen molar-refractivity contribution in [2.45, 2.75) is 25.3 Å². The first-order valence-corrected chi connectivity index (χ1v) is 14.6. The number of aromatic nitrogens is 2. The van der Waals surface area contributed by atoms with E-state index in [0.717, 1.165) is 28.2 Å². The third-order valence-corrected chi connectivity index (χ3v) is 8.76. The molecule has 0 fully saturated rings. The van der Waals surface area contributed by atoms with Crippen molar-refractivity contribution in [1.29, 1.82) is 0 Å². The lowest BCUT2D eigenvalue weighted by molar-refractivity contribution is 0.139. The number of benzene rings is 2. The molecule has 3 heterocycles. The van der Waals surface area contributed by atoms with Crippen LogP contribution in [0.25, 0.3) is 5.69 Å². The van der Waals surface area contributed by atoms with Gasteiger partial charge in [-0.3, -0.25) is 10.6 Å². The molecule has 3 aromatic rings. The van der Waals surface area contributed by atoms with Gasteiger partial charge in [0.1, 0.15) is 29.3 Å². The molecule has 0 radical (unpaired) electrons. The number of likely N-dealkylation sites (N-methyl/N-ethyl adjacent to an activating group) is 1. The number of nitrogens with two attached hydrogens (primary N) is 2. The molecule has 0 bridgehead atoms. The third kappa shape index (κ3) is 5.04. The largest absolute Gasteiger partial charge is 0.494 e. The summed E-state index contributed by atoms with van der Waals surface area (Å²) in [6.07, 6.45) is 3.18. The Bertz CT molecular complexity index is 1510. The van der Waals surface area contributed by atoms with E-state index in [-0.39, 0.29) is 18.9 Å². The summed E-state index contributed by atoms with van der Waals surface area (Å²) in [5.41, 5.74) is 17.3. The number of halogens is 2. The average Bonchev–Trinajstić information content (AvgIpc) is 3.34. The molecule has 3 atom stereocenters. The van der Waals surface area contributed by atoms with Gasteiger partial charge in [0.2, 0.25) is 10.0 Å². The SMILES string of the molecule is CCN1C(N)C2=C(C(c3ccc(F)cc3)CN(S(C)(=O)=O)C2)N(c2ccc(-n3cnc(Cl)c3)c(OC)c2)C1N. The van der Waals surface area contributed by atoms with E-state index in [0.29, 0.717) is 17.4 Å². The maximum absolute atomic E-state index is 13.9. The second-order valence-corrected chi connectivity index (χ2v) is 12.0. The molecule has 0 spiro atoms. The molecular formula is C26H31ClFN7O3S. The lowest BCUT2D eigenvalue weighted by Crippen LogP contribution is -2.67. The lowest BCUT2D eigenvalue weighted by Gasteiger charge is -2.52. The van der Waals surface area contributed by atoms with E-state index >= 15 is 0 Å². The van der Waals surface area contributed by atoms with E-state index in [1.165, 1.54) is 22.7 Å². The highest BCUT2D eigenvalue weighted by atomic mass is 35.5. The number of ether oxygens (including phenoxy) is 1. The van der Waals surface area contributed by atoms with Crippen LogP contribution in [0.1, 0.15) is 18.4 Å². The van der Waals surface area contributed by atoms with E-state index < -0.39 is 28.4 Å². The van der Waals surface area contributed by atoms with Gasteiger partial charge in [-0.25, -0.2) is 17.8 Å². The molecule has 3 unspecified atom stereocenters. The highest BCUT2D eigenvalue weighted by Crippen LogP contribution is 2.43. The normalized spacial score (nSPS) is 22.7. The molecule has 0 saturated carbocycles. The number of imidazole rings is 1.